The van der Waals surface area contributed by atoms with Gasteiger partial charge in [-0.25, -0.2) is 9.18 Å². The fourth-order valence-electron chi connectivity index (χ4n) is 3.57. The first-order chi connectivity index (χ1) is 14.6. The number of rotatable bonds is 7. The molecule has 1 atom stereocenters. The number of esters is 1. The molecule has 1 heterocycles. The molecule has 5 heteroatoms. The van der Waals surface area contributed by atoms with Gasteiger partial charge in [-0.1, -0.05) is 66.7 Å². The fraction of sp³-hybridized carbons (Fsp3) is 0.160. The first-order valence-corrected chi connectivity index (χ1v) is 9.69. The summed E-state index contributed by atoms with van der Waals surface area (Å²) in [7, 11) is 1.20. The van der Waals surface area contributed by atoms with Crippen molar-refractivity contribution in [1.82, 2.24) is 4.57 Å². The summed E-state index contributed by atoms with van der Waals surface area (Å²) in [4.78, 5) is 12.4. The number of nitrogens with zero attached hydrogens (tertiary/aromatic N) is 1. The number of carbonyl (C=O) groups excluding carboxylic acids is 1. The van der Waals surface area contributed by atoms with Gasteiger partial charge in [0.05, 0.1) is 19.2 Å². The first kappa shape index (κ1) is 19.7. The number of ether oxygens (including phenoxy) is 2. The zero-order valence-corrected chi connectivity index (χ0v) is 16.6. The van der Waals surface area contributed by atoms with Gasteiger partial charge < -0.3 is 14.0 Å². The Morgan fingerprint density at radius 3 is 2.33 bits per heavy atom. The molecule has 3 aromatic carbocycles. The maximum absolute atomic E-state index is 16.0. The van der Waals surface area contributed by atoms with Gasteiger partial charge in [-0.3, -0.25) is 0 Å². The minimum Gasteiger partial charge on any atom is -0.488 e. The van der Waals surface area contributed by atoms with Crippen LogP contribution in [-0.4, -0.2) is 17.6 Å². The van der Waals surface area contributed by atoms with Crippen molar-refractivity contribution in [3.05, 3.63) is 102 Å². The molecule has 0 bridgehead atoms. The zero-order chi connectivity index (χ0) is 21.0. The van der Waals surface area contributed by atoms with Crippen LogP contribution in [0.15, 0.2) is 91.1 Å². The highest BCUT2D eigenvalue weighted by molar-refractivity contribution is 5.87. The number of methoxy groups -OCH3 is 1. The van der Waals surface area contributed by atoms with Gasteiger partial charge in [0.25, 0.3) is 0 Å². The van der Waals surface area contributed by atoms with E-state index in [9.17, 15) is 4.79 Å². The van der Waals surface area contributed by atoms with E-state index in [0.29, 0.717) is 12.4 Å². The SMILES string of the molecule is COC(=O)C(F)(Cn1ccc2c(OCc3ccccc3)cccc21)c1ccccc1. The summed E-state index contributed by atoms with van der Waals surface area (Å²) in [6.07, 6.45) is 1.76. The van der Waals surface area contributed by atoms with Crippen LogP contribution in [0.5, 0.6) is 5.75 Å². The molecule has 0 aliphatic heterocycles. The van der Waals surface area contributed by atoms with E-state index in [4.69, 9.17) is 9.47 Å². The number of carbonyl (C=O) groups is 1. The van der Waals surface area contributed by atoms with Crippen LogP contribution in [0.3, 0.4) is 0 Å². The van der Waals surface area contributed by atoms with Crippen LogP contribution >= 0.6 is 0 Å². The summed E-state index contributed by atoms with van der Waals surface area (Å²) in [6.45, 7) is 0.236. The number of benzene rings is 3. The van der Waals surface area contributed by atoms with Crippen LogP contribution in [0.1, 0.15) is 11.1 Å². The second kappa shape index (κ2) is 8.41. The molecule has 0 aliphatic carbocycles. The molecule has 0 aliphatic rings. The number of hydrogen-bond acceptors (Lipinski definition) is 3. The molecule has 0 saturated carbocycles. The average Bonchev–Trinajstić information content (AvgIpc) is 3.21. The highest BCUT2D eigenvalue weighted by atomic mass is 19.1. The third-order valence-electron chi connectivity index (χ3n) is 5.14. The van der Waals surface area contributed by atoms with Gasteiger partial charge in [0.1, 0.15) is 12.4 Å². The van der Waals surface area contributed by atoms with Crippen LogP contribution in [0, 0.1) is 0 Å². The van der Waals surface area contributed by atoms with Crippen LogP contribution in [-0.2, 0) is 28.4 Å². The molecule has 4 rings (SSSR count). The topological polar surface area (TPSA) is 40.5 Å². The van der Waals surface area contributed by atoms with Crippen molar-refractivity contribution in [2.45, 2.75) is 18.8 Å². The van der Waals surface area contributed by atoms with Crippen molar-refractivity contribution in [3.63, 3.8) is 0 Å². The van der Waals surface area contributed by atoms with E-state index in [-0.39, 0.29) is 12.1 Å². The van der Waals surface area contributed by atoms with E-state index in [0.717, 1.165) is 16.5 Å². The van der Waals surface area contributed by atoms with Gasteiger partial charge in [-0.15, -0.1) is 0 Å². The highest BCUT2D eigenvalue weighted by Gasteiger charge is 2.42. The van der Waals surface area contributed by atoms with Crippen molar-refractivity contribution in [2.24, 2.45) is 0 Å². The standard InChI is InChI=1S/C25H22FNO3/c1-29-24(28)25(26,20-11-6-3-7-12-20)18-27-16-15-21-22(27)13-8-14-23(21)30-17-19-9-4-2-5-10-19/h2-16H,17-18H2,1H3. The Balaban J connectivity index is 1.65. The molecule has 0 fully saturated rings. The Kier molecular flexibility index (Phi) is 5.53. The molecule has 4 aromatic rings. The van der Waals surface area contributed by atoms with E-state index < -0.39 is 11.6 Å². The number of hydrogen-bond donors (Lipinski definition) is 0. The average molecular weight is 403 g/mol. The normalized spacial score (nSPS) is 13.0. The summed E-state index contributed by atoms with van der Waals surface area (Å²) >= 11 is 0. The van der Waals surface area contributed by atoms with Crippen molar-refractivity contribution < 1.29 is 18.7 Å². The number of halogens is 1. The van der Waals surface area contributed by atoms with Crippen molar-refractivity contribution in [3.8, 4) is 5.75 Å². The number of alkyl halides is 1. The van der Waals surface area contributed by atoms with Gasteiger partial charge in [0.15, 0.2) is 0 Å². The fourth-order valence-corrected chi connectivity index (χ4v) is 3.57. The minimum atomic E-state index is -2.30. The summed E-state index contributed by atoms with van der Waals surface area (Å²) in [5.41, 5.74) is -0.202. The van der Waals surface area contributed by atoms with E-state index >= 15 is 4.39 Å². The Morgan fingerprint density at radius 2 is 1.63 bits per heavy atom. The molecule has 152 valence electrons. The smallest absolute Gasteiger partial charge is 0.350 e. The number of fused-ring (bicyclic) bond motifs is 1. The Morgan fingerprint density at radius 1 is 0.933 bits per heavy atom. The molecule has 0 radical (unpaired) electrons. The molecule has 0 saturated heterocycles. The highest BCUT2D eigenvalue weighted by Crippen LogP contribution is 2.33. The third-order valence-corrected chi connectivity index (χ3v) is 5.14. The molecule has 0 amide bonds. The third kappa shape index (κ3) is 3.79. The second-order valence-corrected chi connectivity index (χ2v) is 7.07. The Bertz CT molecular complexity index is 1140. The molecule has 1 aromatic heterocycles. The van der Waals surface area contributed by atoms with Crippen LogP contribution in [0.4, 0.5) is 4.39 Å². The lowest BCUT2D eigenvalue weighted by molar-refractivity contribution is -0.156. The predicted molar refractivity (Wildman–Crippen MR) is 114 cm³/mol. The summed E-state index contributed by atoms with van der Waals surface area (Å²) in [5, 5.41) is 0.855. The van der Waals surface area contributed by atoms with Gasteiger partial charge in [-0.05, 0) is 23.8 Å². The van der Waals surface area contributed by atoms with Gasteiger partial charge in [-0.2, -0.15) is 0 Å². The summed E-state index contributed by atoms with van der Waals surface area (Å²) in [5.74, 6) is -0.218. The zero-order valence-electron chi connectivity index (χ0n) is 16.6. The van der Waals surface area contributed by atoms with E-state index in [1.165, 1.54) is 7.11 Å². The lowest BCUT2D eigenvalue weighted by Crippen LogP contribution is -2.36. The second-order valence-electron chi connectivity index (χ2n) is 7.07. The van der Waals surface area contributed by atoms with E-state index in [2.05, 4.69) is 0 Å². The van der Waals surface area contributed by atoms with Crippen molar-refractivity contribution >= 4 is 16.9 Å². The van der Waals surface area contributed by atoms with Crippen LogP contribution in [0.2, 0.25) is 0 Å². The molecule has 0 spiro atoms. The summed E-state index contributed by atoms with van der Waals surface area (Å²) < 4.78 is 28.5. The largest absolute Gasteiger partial charge is 0.488 e. The van der Waals surface area contributed by atoms with Crippen molar-refractivity contribution in [2.75, 3.05) is 7.11 Å². The molecule has 30 heavy (non-hydrogen) atoms. The minimum absolute atomic E-state index is 0.199. The lowest BCUT2D eigenvalue weighted by atomic mass is 9.95. The van der Waals surface area contributed by atoms with E-state index in [1.54, 1.807) is 41.1 Å². The van der Waals surface area contributed by atoms with Gasteiger partial charge in [0, 0.05) is 17.1 Å². The van der Waals surface area contributed by atoms with Crippen molar-refractivity contribution in [1.29, 1.82) is 0 Å². The van der Waals surface area contributed by atoms with Crippen LogP contribution < -0.4 is 4.74 Å². The quantitative estimate of drug-likeness (QED) is 0.395. The Labute approximate surface area is 174 Å². The maximum Gasteiger partial charge on any atom is 0.350 e. The molecular weight excluding hydrogens is 381 g/mol. The summed E-state index contributed by atoms with van der Waals surface area (Å²) in [6, 6.07) is 25.8. The molecule has 0 N–H and O–H groups in total. The Hall–Kier alpha value is -3.60. The molecule has 1 unspecified atom stereocenters. The van der Waals surface area contributed by atoms with Crippen LogP contribution in [0.25, 0.3) is 10.9 Å². The molecule has 4 nitrogen and oxygen atoms in total. The molecular formula is C25H22FNO3. The lowest BCUT2D eigenvalue weighted by Gasteiger charge is -2.24. The first-order valence-electron chi connectivity index (χ1n) is 9.69. The monoisotopic (exact) mass is 403 g/mol. The predicted octanol–water partition coefficient (Wildman–Crippen LogP) is 5.26. The van der Waals surface area contributed by atoms with Gasteiger partial charge in [0.2, 0.25) is 5.67 Å². The van der Waals surface area contributed by atoms with E-state index in [1.807, 2.05) is 54.6 Å². The maximum atomic E-state index is 16.0. The van der Waals surface area contributed by atoms with Gasteiger partial charge >= 0.3 is 5.97 Å². The number of aromatic nitrogens is 1.